The zero-order chi connectivity index (χ0) is 23.0. The molecule has 1 saturated carbocycles. The van der Waals surface area contributed by atoms with E-state index in [1.165, 1.54) is 4.90 Å². The Balaban J connectivity index is 1.46. The number of primary amides is 1. The number of anilines is 2. The van der Waals surface area contributed by atoms with Crippen molar-refractivity contribution in [2.45, 2.75) is 44.6 Å². The standard InChI is InChI=1S/C22H26ClF2N5O2/c1-13-10-14(21(32)29-9-8-22(24,25)12-29)2-7-18(13)30-11-17(19(26)31)20(28-30)27-16-5-3-15(23)4-6-16/h3-6,11,13-14,18H,2,7-10,12H2,1H3,(H2,26,31)(H,27,28)/t13-,14-,18-/m0/s1. The van der Waals surface area contributed by atoms with Crippen LogP contribution in [0.1, 0.15) is 49.0 Å². The number of hydrogen-bond acceptors (Lipinski definition) is 4. The third-order valence-electron chi connectivity index (χ3n) is 6.40. The normalized spacial score (nSPS) is 25.0. The zero-order valence-corrected chi connectivity index (χ0v) is 18.5. The summed E-state index contributed by atoms with van der Waals surface area (Å²) in [5, 5.41) is 8.26. The number of amides is 2. The third-order valence-corrected chi connectivity index (χ3v) is 6.65. The molecular weight excluding hydrogens is 440 g/mol. The molecular formula is C22H26ClF2N5O2. The maximum atomic E-state index is 13.5. The van der Waals surface area contributed by atoms with Crippen molar-refractivity contribution in [3.63, 3.8) is 0 Å². The number of nitrogens with one attached hydrogen (secondary N) is 1. The van der Waals surface area contributed by atoms with Crippen LogP contribution in [0.5, 0.6) is 0 Å². The molecule has 7 nitrogen and oxygen atoms in total. The van der Waals surface area contributed by atoms with Crippen molar-refractivity contribution in [1.82, 2.24) is 14.7 Å². The first-order valence-electron chi connectivity index (χ1n) is 10.7. The molecule has 1 saturated heterocycles. The zero-order valence-electron chi connectivity index (χ0n) is 17.7. The van der Waals surface area contributed by atoms with E-state index in [-0.39, 0.29) is 42.3 Å². The highest BCUT2D eigenvalue weighted by molar-refractivity contribution is 6.30. The molecule has 4 rings (SSSR count). The Kier molecular flexibility index (Phi) is 6.11. The summed E-state index contributed by atoms with van der Waals surface area (Å²) < 4.78 is 28.7. The summed E-state index contributed by atoms with van der Waals surface area (Å²) in [4.78, 5) is 26.0. The number of aromatic nitrogens is 2. The van der Waals surface area contributed by atoms with E-state index >= 15 is 0 Å². The van der Waals surface area contributed by atoms with Crippen LogP contribution in [0.4, 0.5) is 20.3 Å². The first-order chi connectivity index (χ1) is 15.1. The van der Waals surface area contributed by atoms with Gasteiger partial charge in [-0.05, 0) is 49.4 Å². The molecule has 3 N–H and O–H groups in total. The fraction of sp³-hybridized carbons (Fsp3) is 0.500. The number of benzene rings is 1. The van der Waals surface area contributed by atoms with Gasteiger partial charge in [0.05, 0.1) is 12.6 Å². The molecule has 0 radical (unpaired) electrons. The molecule has 2 amide bonds. The number of nitrogens with two attached hydrogens (primary N) is 1. The van der Waals surface area contributed by atoms with E-state index < -0.39 is 18.4 Å². The first-order valence-corrected chi connectivity index (χ1v) is 11.1. The predicted octanol–water partition coefficient (Wildman–Crippen LogP) is 4.22. The van der Waals surface area contributed by atoms with E-state index in [9.17, 15) is 18.4 Å². The van der Waals surface area contributed by atoms with E-state index in [2.05, 4.69) is 10.4 Å². The topological polar surface area (TPSA) is 93.3 Å². The molecule has 2 aromatic rings. The lowest BCUT2D eigenvalue weighted by atomic mass is 9.78. The molecule has 32 heavy (non-hydrogen) atoms. The molecule has 1 aliphatic carbocycles. The summed E-state index contributed by atoms with van der Waals surface area (Å²) in [7, 11) is 0. The second kappa shape index (κ2) is 8.69. The van der Waals surface area contributed by atoms with Crippen LogP contribution in [-0.4, -0.2) is 45.5 Å². The monoisotopic (exact) mass is 465 g/mol. The highest BCUT2D eigenvalue weighted by Crippen LogP contribution is 2.39. The lowest BCUT2D eigenvalue weighted by Crippen LogP contribution is -2.39. The van der Waals surface area contributed by atoms with Crippen LogP contribution in [0.15, 0.2) is 30.5 Å². The Morgan fingerprint density at radius 1 is 1.25 bits per heavy atom. The van der Waals surface area contributed by atoms with Crippen LogP contribution in [0, 0.1) is 11.8 Å². The predicted molar refractivity (Wildman–Crippen MR) is 117 cm³/mol. The molecule has 1 aromatic heterocycles. The summed E-state index contributed by atoms with van der Waals surface area (Å²) in [6.07, 6.45) is 3.18. The number of hydrogen-bond donors (Lipinski definition) is 2. The Bertz CT molecular complexity index is 1010. The minimum absolute atomic E-state index is 0.0297. The van der Waals surface area contributed by atoms with Crippen LogP contribution >= 0.6 is 11.6 Å². The number of halogens is 3. The second-order valence-corrected chi connectivity index (χ2v) is 9.22. The maximum Gasteiger partial charge on any atom is 0.267 e. The maximum absolute atomic E-state index is 13.5. The van der Waals surface area contributed by atoms with Crippen molar-refractivity contribution >= 4 is 34.9 Å². The van der Waals surface area contributed by atoms with Gasteiger partial charge >= 0.3 is 0 Å². The van der Waals surface area contributed by atoms with E-state index in [1.54, 1.807) is 35.1 Å². The molecule has 1 aromatic carbocycles. The number of alkyl halides is 2. The van der Waals surface area contributed by atoms with Gasteiger partial charge < -0.3 is 16.0 Å². The van der Waals surface area contributed by atoms with Gasteiger partial charge in [-0.3, -0.25) is 14.3 Å². The fourth-order valence-corrected chi connectivity index (χ4v) is 4.81. The molecule has 172 valence electrons. The molecule has 2 aliphatic rings. The fourth-order valence-electron chi connectivity index (χ4n) is 4.68. The molecule has 0 unspecified atom stereocenters. The summed E-state index contributed by atoms with van der Waals surface area (Å²) in [5.74, 6) is -3.41. The Morgan fingerprint density at radius 3 is 2.56 bits per heavy atom. The average Bonchev–Trinajstić information content (AvgIpc) is 3.32. The van der Waals surface area contributed by atoms with Crippen molar-refractivity contribution in [3.8, 4) is 0 Å². The minimum atomic E-state index is -2.79. The number of nitrogens with zero attached hydrogens (tertiary/aromatic N) is 3. The van der Waals surface area contributed by atoms with Crippen molar-refractivity contribution < 1.29 is 18.4 Å². The largest absolute Gasteiger partial charge is 0.365 e. The van der Waals surface area contributed by atoms with Crippen LogP contribution in [0.3, 0.4) is 0 Å². The van der Waals surface area contributed by atoms with E-state index in [1.807, 2.05) is 6.92 Å². The second-order valence-electron chi connectivity index (χ2n) is 8.79. The van der Waals surface area contributed by atoms with Crippen molar-refractivity contribution in [1.29, 1.82) is 0 Å². The Morgan fingerprint density at radius 2 is 1.97 bits per heavy atom. The van der Waals surface area contributed by atoms with Gasteiger partial charge in [-0.15, -0.1) is 0 Å². The van der Waals surface area contributed by atoms with Gasteiger partial charge in [-0.2, -0.15) is 5.10 Å². The molecule has 0 spiro atoms. The number of rotatable bonds is 5. The SMILES string of the molecule is C[C@H]1C[C@@H](C(=O)N2CCC(F)(F)C2)CC[C@@H]1n1cc(C(N)=O)c(Nc2ccc(Cl)cc2)n1. The number of carbonyl (C=O) groups is 2. The van der Waals surface area contributed by atoms with Crippen LogP contribution in [-0.2, 0) is 4.79 Å². The van der Waals surface area contributed by atoms with Gasteiger partial charge in [0, 0.05) is 35.8 Å². The third kappa shape index (κ3) is 4.72. The average molecular weight is 466 g/mol. The van der Waals surface area contributed by atoms with Crippen molar-refractivity contribution in [2.75, 3.05) is 18.4 Å². The van der Waals surface area contributed by atoms with Crippen LogP contribution in [0.25, 0.3) is 0 Å². The van der Waals surface area contributed by atoms with Gasteiger partial charge in [0.2, 0.25) is 5.91 Å². The van der Waals surface area contributed by atoms with E-state index in [4.69, 9.17) is 17.3 Å². The van der Waals surface area contributed by atoms with Gasteiger partial charge in [0.25, 0.3) is 11.8 Å². The number of carbonyl (C=O) groups excluding carboxylic acids is 2. The molecule has 0 bridgehead atoms. The quantitative estimate of drug-likeness (QED) is 0.691. The van der Waals surface area contributed by atoms with Crippen molar-refractivity contribution in [2.24, 2.45) is 17.6 Å². The van der Waals surface area contributed by atoms with E-state index in [0.29, 0.717) is 35.8 Å². The van der Waals surface area contributed by atoms with Gasteiger partial charge in [-0.25, -0.2) is 8.78 Å². The minimum Gasteiger partial charge on any atom is -0.365 e. The summed E-state index contributed by atoms with van der Waals surface area (Å²) >= 11 is 5.92. The first kappa shape index (κ1) is 22.5. The lowest BCUT2D eigenvalue weighted by Gasteiger charge is -2.35. The molecule has 2 heterocycles. The molecule has 3 atom stereocenters. The molecule has 2 fully saturated rings. The number of likely N-dealkylation sites (tertiary alicyclic amines) is 1. The smallest absolute Gasteiger partial charge is 0.267 e. The van der Waals surface area contributed by atoms with Crippen LogP contribution < -0.4 is 11.1 Å². The summed E-state index contributed by atoms with van der Waals surface area (Å²) in [5.41, 5.74) is 6.54. The summed E-state index contributed by atoms with van der Waals surface area (Å²) in [6.45, 7) is 1.64. The Hall–Kier alpha value is -2.68. The lowest BCUT2D eigenvalue weighted by molar-refractivity contribution is -0.137. The van der Waals surface area contributed by atoms with E-state index in [0.717, 1.165) is 0 Å². The molecule has 1 aliphatic heterocycles. The van der Waals surface area contributed by atoms with Crippen molar-refractivity contribution in [3.05, 3.63) is 41.0 Å². The van der Waals surface area contributed by atoms with Gasteiger partial charge in [0.15, 0.2) is 5.82 Å². The highest BCUT2D eigenvalue weighted by atomic mass is 35.5. The van der Waals surface area contributed by atoms with Gasteiger partial charge in [0.1, 0.15) is 5.56 Å². The summed E-state index contributed by atoms with van der Waals surface area (Å²) in [6, 6.07) is 6.96. The Labute approximate surface area is 189 Å². The van der Waals surface area contributed by atoms with Crippen LogP contribution in [0.2, 0.25) is 5.02 Å². The molecule has 10 heteroatoms. The van der Waals surface area contributed by atoms with Gasteiger partial charge in [-0.1, -0.05) is 18.5 Å². The highest BCUT2D eigenvalue weighted by Gasteiger charge is 2.43.